The largest absolute Gasteiger partial charge is 0.443 e. The maximum Gasteiger partial charge on any atom is 0.417 e. The molecule has 0 spiro atoms. The van der Waals surface area contributed by atoms with Gasteiger partial charge in [0, 0.05) is 25.6 Å². The van der Waals surface area contributed by atoms with E-state index in [1.807, 2.05) is 0 Å². The van der Waals surface area contributed by atoms with Crippen molar-refractivity contribution in [2.24, 2.45) is 16.9 Å². The molecule has 2 heterocycles. The third-order valence-electron chi connectivity index (χ3n) is 3.88. The van der Waals surface area contributed by atoms with Crippen LogP contribution < -0.4 is 0 Å². The number of nitrogens with zero attached hydrogens (tertiary/aromatic N) is 4. The van der Waals surface area contributed by atoms with Gasteiger partial charge < -0.3 is 14.4 Å². The maximum atomic E-state index is 12.2. The fourth-order valence-corrected chi connectivity index (χ4v) is 2.67. The zero-order valence-corrected chi connectivity index (χ0v) is 14.0. The molecule has 9 nitrogen and oxygen atoms in total. The Kier molecular flexibility index (Phi) is 5.08. The molecule has 0 N–H and O–H groups in total. The molecular formula is C14H24N4O5. The summed E-state index contributed by atoms with van der Waals surface area (Å²) in [5.41, 5.74) is -0.669. The Morgan fingerprint density at radius 3 is 2.65 bits per heavy atom. The van der Waals surface area contributed by atoms with Crippen molar-refractivity contribution in [1.29, 1.82) is 0 Å². The van der Waals surface area contributed by atoms with Crippen molar-refractivity contribution >= 4 is 12.1 Å². The number of hydrazone groups is 1. The summed E-state index contributed by atoms with van der Waals surface area (Å²) in [6.45, 7) is 10.0. The van der Waals surface area contributed by atoms with Crippen molar-refractivity contribution in [2.45, 2.75) is 33.3 Å². The Balaban J connectivity index is 2.12. The lowest BCUT2D eigenvalue weighted by molar-refractivity contribution is -0.486. The van der Waals surface area contributed by atoms with Crippen LogP contribution >= 0.6 is 0 Å². The molecule has 2 fully saturated rings. The number of guanidine groups is 1. The van der Waals surface area contributed by atoms with E-state index in [2.05, 4.69) is 12.0 Å². The van der Waals surface area contributed by atoms with Crippen LogP contribution in [0.2, 0.25) is 0 Å². The van der Waals surface area contributed by atoms with Gasteiger partial charge in [0.15, 0.2) is 5.03 Å². The number of ether oxygens (including phenoxy) is 2. The maximum absolute atomic E-state index is 12.2. The third kappa shape index (κ3) is 4.54. The van der Waals surface area contributed by atoms with E-state index in [1.165, 1.54) is 4.90 Å². The summed E-state index contributed by atoms with van der Waals surface area (Å²) >= 11 is 0. The highest BCUT2D eigenvalue weighted by molar-refractivity contribution is 5.95. The molecule has 2 rings (SSSR count). The van der Waals surface area contributed by atoms with Gasteiger partial charge in [0.1, 0.15) is 10.7 Å². The molecule has 2 saturated heterocycles. The smallest absolute Gasteiger partial charge is 0.417 e. The monoisotopic (exact) mass is 328 g/mol. The normalized spacial score (nSPS) is 26.9. The standard InChI is InChI=1S/C14H24N4O5/c1-10-8-22-9-11(10)7-16-5-6-17(12(16)15-18(20)21)13(19)23-14(2,3)4/h10-11H,5-9H2,1-4H3. The summed E-state index contributed by atoms with van der Waals surface area (Å²) in [6, 6.07) is 0. The lowest BCUT2D eigenvalue weighted by Gasteiger charge is -2.25. The Hall–Kier alpha value is -1.90. The first-order valence-electron chi connectivity index (χ1n) is 7.73. The van der Waals surface area contributed by atoms with Gasteiger partial charge in [0.25, 0.3) is 5.96 Å². The van der Waals surface area contributed by atoms with Crippen LogP contribution in [0.15, 0.2) is 5.10 Å². The van der Waals surface area contributed by atoms with E-state index in [-0.39, 0.29) is 11.9 Å². The van der Waals surface area contributed by atoms with Gasteiger partial charge in [0.05, 0.1) is 13.2 Å². The summed E-state index contributed by atoms with van der Waals surface area (Å²) in [5, 5.41) is 13.5. The van der Waals surface area contributed by atoms with Crippen molar-refractivity contribution in [2.75, 3.05) is 32.8 Å². The number of amides is 1. The lowest BCUT2D eigenvalue weighted by atomic mass is 9.98. The van der Waals surface area contributed by atoms with Gasteiger partial charge in [-0.15, -0.1) is 0 Å². The first kappa shape index (κ1) is 17.5. The van der Waals surface area contributed by atoms with Gasteiger partial charge in [-0.3, -0.25) is 0 Å². The Morgan fingerprint density at radius 2 is 2.13 bits per heavy atom. The van der Waals surface area contributed by atoms with E-state index in [0.717, 1.165) is 0 Å². The molecule has 0 saturated carbocycles. The molecule has 0 bridgehead atoms. The first-order valence-corrected chi connectivity index (χ1v) is 7.73. The highest BCUT2D eigenvalue weighted by Gasteiger charge is 2.39. The van der Waals surface area contributed by atoms with Crippen LogP contribution in [-0.4, -0.2) is 65.3 Å². The van der Waals surface area contributed by atoms with Gasteiger partial charge in [-0.1, -0.05) is 6.92 Å². The number of carbonyl (C=O) groups is 1. The highest BCUT2D eigenvalue weighted by atomic mass is 16.7. The van der Waals surface area contributed by atoms with Crippen molar-refractivity contribution in [3.05, 3.63) is 10.1 Å². The number of hydrogen-bond donors (Lipinski definition) is 0. The van der Waals surface area contributed by atoms with E-state index in [4.69, 9.17) is 9.47 Å². The molecule has 2 aliphatic heterocycles. The number of nitro groups is 1. The lowest BCUT2D eigenvalue weighted by Crippen LogP contribution is -2.43. The Morgan fingerprint density at radius 1 is 1.43 bits per heavy atom. The van der Waals surface area contributed by atoms with Crippen molar-refractivity contribution in [3.8, 4) is 0 Å². The van der Waals surface area contributed by atoms with Crippen LogP contribution in [0.1, 0.15) is 27.7 Å². The third-order valence-corrected chi connectivity index (χ3v) is 3.88. The van der Waals surface area contributed by atoms with Crippen LogP contribution in [0.5, 0.6) is 0 Å². The fourth-order valence-electron chi connectivity index (χ4n) is 2.67. The molecule has 9 heteroatoms. The van der Waals surface area contributed by atoms with Crippen LogP contribution in [0, 0.1) is 22.0 Å². The van der Waals surface area contributed by atoms with Gasteiger partial charge >= 0.3 is 6.09 Å². The minimum Gasteiger partial charge on any atom is -0.443 e. The topological polar surface area (TPSA) is 97.5 Å². The van der Waals surface area contributed by atoms with E-state index in [0.29, 0.717) is 38.8 Å². The van der Waals surface area contributed by atoms with Gasteiger partial charge in [-0.2, -0.15) is 0 Å². The zero-order chi connectivity index (χ0) is 17.2. The van der Waals surface area contributed by atoms with Gasteiger partial charge in [-0.25, -0.2) is 19.8 Å². The van der Waals surface area contributed by atoms with Crippen molar-refractivity contribution < 1.29 is 19.3 Å². The molecule has 23 heavy (non-hydrogen) atoms. The molecule has 0 aromatic carbocycles. The number of hydrogen-bond acceptors (Lipinski definition) is 5. The second-order valence-corrected chi connectivity index (χ2v) is 6.99. The van der Waals surface area contributed by atoms with E-state index < -0.39 is 16.7 Å². The molecule has 0 aliphatic carbocycles. The minimum atomic E-state index is -0.778. The fraction of sp³-hybridized carbons (Fsp3) is 0.857. The number of rotatable bonds is 3. The molecule has 1 amide bonds. The quantitative estimate of drug-likeness (QED) is 0.573. The second-order valence-electron chi connectivity index (χ2n) is 6.99. The van der Waals surface area contributed by atoms with E-state index >= 15 is 0 Å². The average Bonchev–Trinajstić information content (AvgIpc) is 2.96. The van der Waals surface area contributed by atoms with Crippen LogP contribution in [0.25, 0.3) is 0 Å². The molecule has 130 valence electrons. The molecular weight excluding hydrogens is 304 g/mol. The zero-order valence-electron chi connectivity index (χ0n) is 14.0. The predicted molar refractivity (Wildman–Crippen MR) is 82.4 cm³/mol. The SMILES string of the molecule is CC1COCC1CN1CCN(C(=O)OC(C)(C)C)C1=N[N+](=O)[O-]. The number of carbonyl (C=O) groups excluding carboxylic acids is 1. The van der Waals surface area contributed by atoms with E-state index in [1.54, 1.807) is 25.7 Å². The Labute approximate surface area is 135 Å². The summed E-state index contributed by atoms with van der Waals surface area (Å²) in [6.07, 6.45) is -0.615. The second kappa shape index (κ2) is 6.69. The van der Waals surface area contributed by atoms with Crippen LogP contribution in [-0.2, 0) is 9.47 Å². The van der Waals surface area contributed by atoms with Crippen molar-refractivity contribution in [3.63, 3.8) is 0 Å². The van der Waals surface area contributed by atoms with E-state index in [9.17, 15) is 14.9 Å². The summed E-state index contributed by atoms with van der Waals surface area (Å²) in [7, 11) is 0. The molecule has 0 radical (unpaired) electrons. The Bertz CT molecular complexity index is 502. The van der Waals surface area contributed by atoms with Crippen LogP contribution in [0.4, 0.5) is 4.79 Å². The highest BCUT2D eigenvalue weighted by Crippen LogP contribution is 2.23. The molecule has 2 aliphatic rings. The first-order chi connectivity index (χ1) is 10.7. The summed E-state index contributed by atoms with van der Waals surface area (Å²) in [4.78, 5) is 26.1. The average molecular weight is 328 g/mol. The molecule has 2 unspecified atom stereocenters. The predicted octanol–water partition coefficient (Wildman–Crippen LogP) is 1.37. The summed E-state index contributed by atoms with van der Waals surface area (Å²) < 4.78 is 10.7. The molecule has 0 aromatic rings. The van der Waals surface area contributed by atoms with Gasteiger partial charge in [0.2, 0.25) is 0 Å². The van der Waals surface area contributed by atoms with Crippen molar-refractivity contribution in [1.82, 2.24) is 9.80 Å². The van der Waals surface area contributed by atoms with Gasteiger partial charge in [-0.05, 0) is 26.7 Å². The minimum absolute atomic E-state index is 0.0448. The summed E-state index contributed by atoms with van der Waals surface area (Å²) in [5.74, 6) is 0.691. The van der Waals surface area contributed by atoms with Crippen LogP contribution in [0.3, 0.4) is 0 Å². The molecule has 0 aromatic heterocycles. The molecule has 2 atom stereocenters.